The Labute approximate surface area is 123 Å². The number of pyridine rings is 1. The molecular weight excluding hydrogens is 268 g/mol. The maximum atomic E-state index is 4.74. The van der Waals surface area contributed by atoms with E-state index >= 15 is 0 Å². The van der Waals surface area contributed by atoms with Crippen LogP contribution in [0.1, 0.15) is 19.5 Å². The van der Waals surface area contributed by atoms with Crippen LogP contribution in [0.4, 0.5) is 0 Å². The maximum Gasteiger partial charge on any atom is 0.142 e. The van der Waals surface area contributed by atoms with E-state index in [0.717, 1.165) is 36.0 Å². The summed E-state index contributed by atoms with van der Waals surface area (Å²) < 4.78 is 0. The third-order valence-electron chi connectivity index (χ3n) is 3.79. The number of nitrogens with zero attached hydrogens (tertiary/aromatic N) is 3. The summed E-state index contributed by atoms with van der Waals surface area (Å²) in [5, 5.41) is 6.63. The lowest BCUT2D eigenvalue weighted by molar-refractivity contribution is 0.107. The van der Waals surface area contributed by atoms with E-state index in [1.165, 1.54) is 0 Å². The molecule has 1 saturated heterocycles. The lowest BCUT2D eigenvalue weighted by atomic mass is 10.1. The minimum Gasteiger partial charge on any atom is -0.314 e. The molecule has 106 valence electrons. The van der Waals surface area contributed by atoms with Gasteiger partial charge in [0.25, 0.3) is 0 Å². The van der Waals surface area contributed by atoms with Crippen molar-refractivity contribution in [2.24, 2.45) is 0 Å². The van der Waals surface area contributed by atoms with E-state index in [1.54, 1.807) is 11.3 Å². The molecule has 1 fully saturated rings. The molecule has 0 bridgehead atoms. The molecule has 2 unspecified atom stereocenters. The lowest BCUT2D eigenvalue weighted by Crippen LogP contribution is -2.54. The first-order valence-electron chi connectivity index (χ1n) is 7.06. The molecule has 1 N–H and O–H groups in total. The summed E-state index contributed by atoms with van der Waals surface area (Å²) in [5.41, 5.74) is 2.11. The summed E-state index contributed by atoms with van der Waals surface area (Å²) in [6, 6.07) is 7.06. The minimum absolute atomic E-state index is 0.554. The third-order valence-corrected chi connectivity index (χ3v) is 4.71. The fourth-order valence-electron chi connectivity index (χ4n) is 2.66. The Morgan fingerprint density at radius 3 is 2.80 bits per heavy atom. The Hall–Kier alpha value is -1.30. The van der Waals surface area contributed by atoms with Crippen molar-refractivity contribution in [2.75, 3.05) is 13.1 Å². The summed E-state index contributed by atoms with van der Waals surface area (Å²) in [4.78, 5) is 11.6. The second-order valence-electron chi connectivity index (χ2n) is 5.39. The average Bonchev–Trinajstić information content (AvgIpc) is 2.93. The van der Waals surface area contributed by atoms with E-state index in [1.807, 2.05) is 24.4 Å². The Morgan fingerprint density at radius 1 is 1.30 bits per heavy atom. The van der Waals surface area contributed by atoms with Crippen LogP contribution in [-0.4, -0.2) is 40.0 Å². The van der Waals surface area contributed by atoms with E-state index in [2.05, 4.69) is 34.4 Å². The van der Waals surface area contributed by atoms with E-state index in [0.29, 0.717) is 12.1 Å². The van der Waals surface area contributed by atoms with Gasteiger partial charge in [-0.25, -0.2) is 4.98 Å². The highest BCUT2D eigenvalue weighted by Gasteiger charge is 2.25. The molecule has 1 aliphatic heterocycles. The predicted molar refractivity (Wildman–Crippen MR) is 82.7 cm³/mol. The van der Waals surface area contributed by atoms with Gasteiger partial charge in [-0.3, -0.25) is 9.88 Å². The smallest absolute Gasteiger partial charge is 0.142 e. The molecule has 0 amide bonds. The number of thiazole rings is 1. The van der Waals surface area contributed by atoms with Gasteiger partial charge < -0.3 is 5.32 Å². The second kappa shape index (κ2) is 5.99. The Bertz CT molecular complexity index is 544. The highest BCUT2D eigenvalue weighted by molar-refractivity contribution is 7.13. The van der Waals surface area contributed by atoms with Crippen LogP contribution in [0.2, 0.25) is 0 Å². The molecule has 5 heteroatoms. The number of rotatable bonds is 3. The Balaban J connectivity index is 1.74. The summed E-state index contributed by atoms with van der Waals surface area (Å²) in [6.45, 7) is 7.58. The summed E-state index contributed by atoms with van der Waals surface area (Å²) in [6.07, 6.45) is 1.82. The first-order chi connectivity index (χ1) is 9.74. The Morgan fingerprint density at radius 2 is 2.10 bits per heavy atom. The second-order valence-corrected chi connectivity index (χ2v) is 6.25. The van der Waals surface area contributed by atoms with Crippen molar-refractivity contribution < 1.29 is 0 Å². The van der Waals surface area contributed by atoms with Crippen LogP contribution >= 0.6 is 11.3 Å². The standard InChI is InChI=1S/C15H20N4S/c1-11-7-16-8-12(2)19(11)9-13-10-20-15(18-13)14-5-3-4-6-17-14/h3-6,10-12,16H,7-9H2,1-2H3. The number of hydrogen-bond acceptors (Lipinski definition) is 5. The van der Waals surface area contributed by atoms with Crippen LogP contribution in [0.3, 0.4) is 0 Å². The molecule has 20 heavy (non-hydrogen) atoms. The summed E-state index contributed by atoms with van der Waals surface area (Å²) >= 11 is 1.68. The molecule has 0 radical (unpaired) electrons. The fourth-order valence-corrected chi connectivity index (χ4v) is 3.44. The summed E-state index contributed by atoms with van der Waals surface area (Å²) in [5.74, 6) is 0. The van der Waals surface area contributed by atoms with Gasteiger partial charge in [0, 0.05) is 43.3 Å². The minimum atomic E-state index is 0.554. The van der Waals surface area contributed by atoms with E-state index < -0.39 is 0 Å². The zero-order valence-corrected chi connectivity index (χ0v) is 12.7. The maximum absolute atomic E-state index is 4.74. The fraction of sp³-hybridized carbons (Fsp3) is 0.467. The molecule has 3 heterocycles. The van der Waals surface area contributed by atoms with Crippen molar-refractivity contribution in [2.45, 2.75) is 32.5 Å². The lowest BCUT2D eigenvalue weighted by Gasteiger charge is -2.38. The SMILES string of the molecule is CC1CNCC(C)N1Cc1csc(-c2ccccn2)n1. The molecule has 0 aliphatic carbocycles. The van der Waals surface area contributed by atoms with Crippen molar-refractivity contribution in [3.05, 3.63) is 35.5 Å². The number of hydrogen-bond donors (Lipinski definition) is 1. The molecule has 1 aliphatic rings. The topological polar surface area (TPSA) is 41.0 Å². The van der Waals surface area contributed by atoms with E-state index in [9.17, 15) is 0 Å². The molecule has 3 rings (SSSR count). The van der Waals surface area contributed by atoms with Crippen LogP contribution in [0.15, 0.2) is 29.8 Å². The summed E-state index contributed by atoms with van der Waals surface area (Å²) in [7, 11) is 0. The van der Waals surface area contributed by atoms with E-state index in [-0.39, 0.29) is 0 Å². The van der Waals surface area contributed by atoms with Crippen LogP contribution in [0, 0.1) is 0 Å². The monoisotopic (exact) mass is 288 g/mol. The first kappa shape index (κ1) is 13.7. The van der Waals surface area contributed by atoms with Crippen LogP contribution in [0.25, 0.3) is 10.7 Å². The predicted octanol–water partition coefficient (Wildman–Crippen LogP) is 2.39. The van der Waals surface area contributed by atoms with Crippen molar-refractivity contribution >= 4 is 11.3 Å². The first-order valence-corrected chi connectivity index (χ1v) is 7.94. The van der Waals surface area contributed by atoms with Gasteiger partial charge in [0.15, 0.2) is 0 Å². The molecule has 2 aromatic heterocycles. The quantitative estimate of drug-likeness (QED) is 0.941. The Kier molecular flexibility index (Phi) is 4.10. The van der Waals surface area contributed by atoms with Crippen molar-refractivity contribution in [1.29, 1.82) is 0 Å². The van der Waals surface area contributed by atoms with Gasteiger partial charge in [0.2, 0.25) is 0 Å². The normalized spacial score (nSPS) is 23.9. The zero-order valence-electron chi connectivity index (χ0n) is 11.9. The zero-order chi connectivity index (χ0) is 13.9. The van der Waals surface area contributed by atoms with Gasteiger partial charge >= 0.3 is 0 Å². The third kappa shape index (κ3) is 2.90. The van der Waals surface area contributed by atoms with Crippen molar-refractivity contribution in [3.63, 3.8) is 0 Å². The van der Waals surface area contributed by atoms with Gasteiger partial charge in [0.05, 0.1) is 11.4 Å². The average molecular weight is 288 g/mol. The van der Waals surface area contributed by atoms with Crippen LogP contribution < -0.4 is 5.32 Å². The van der Waals surface area contributed by atoms with Crippen molar-refractivity contribution in [1.82, 2.24) is 20.2 Å². The van der Waals surface area contributed by atoms with Gasteiger partial charge in [-0.2, -0.15) is 0 Å². The largest absolute Gasteiger partial charge is 0.314 e. The van der Waals surface area contributed by atoms with E-state index in [4.69, 9.17) is 4.98 Å². The molecule has 0 saturated carbocycles. The van der Waals surface area contributed by atoms with Gasteiger partial charge in [-0.1, -0.05) is 6.07 Å². The molecule has 4 nitrogen and oxygen atoms in total. The highest BCUT2D eigenvalue weighted by Crippen LogP contribution is 2.23. The molecule has 0 aromatic carbocycles. The van der Waals surface area contributed by atoms with Gasteiger partial charge in [0.1, 0.15) is 5.01 Å². The van der Waals surface area contributed by atoms with Crippen LogP contribution in [0.5, 0.6) is 0 Å². The van der Waals surface area contributed by atoms with Crippen LogP contribution in [-0.2, 0) is 6.54 Å². The van der Waals surface area contributed by atoms with Gasteiger partial charge in [-0.15, -0.1) is 11.3 Å². The molecule has 2 atom stereocenters. The molecule has 0 spiro atoms. The van der Waals surface area contributed by atoms with Crippen molar-refractivity contribution in [3.8, 4) is 10.7 Å². The van der Waals surface area contributed by atoms with Gasteiger partial charge in [-0.05, 0) is 26.0 Å². The number of aromatic nitrogens is 2. The molecule has 2 aromatic rings. The molecular formula is C15H20N4S. The highest BCUT2D eigenvalue weighted by atomic mass is 32.1. The number of piperazine rings is 1. The number of nitrogens with one attached hydrogen (secondary N) is 1.